The van der Waals surface area contributed by atoms with Gasteiger partial charge in [-0.25, -0.2) is 4.79 Å². The van der Waals surface area contributed by atoms with Crippen LogP contribution in [0.3, 0.4) is 0 Å². The van der Waals surface area contributed by atoms with Gasteiger partial charge < -0.3 is 10.2 Å². The Balaban J connectivity index is 0.000000215. The van der Waals surface area contributed by atoms with Gasteiger partial charge in [-0.05, 0) is 53.5 Å². The zero-order valence-corrected chi connectivity index (χ0v) is 20.4. The highest BCUT2D eigenvalue weighted by molar-refractivity contribution is 7.80. The summed E-state index contributed by atoms with van der Waals surface area (Å²) >= 11 is 0. The average Bonchev–Trinajstić information content (AvgIpc) is 3.09. The Kier molecular flexibility index (Phi) is 8.41. The van der Waals surface area contributed by atoms with Gasteiger partial charge in [0.1, 0.15) is 11.3 Å². The Morgan fingerprint density at radius 1 is 1.06 bits per heavy atom. The lowest BCUT2D eigenvalue weighted by molar-refractivity contribution is -0.125. The van der Waals surface area contributed by atoms with Crippen LogP contribution in [0, 0.1) is 16.7 Å². The van der Waals surface area contributed by atoms with Crippen molar-refractivity contribution in [2.75, 3.05) is 7.11 Å². The van der Waals surface area contributed by atoms with Gasteiger partial charge in [0.05, 0.1) is 7.11 Å². The minimum absolute atomic E-state index is 0.0671. The molecular formula is C25H30O8S. The van der Waals surface area contributed by atoms with E-state index in [1.54, 1.807) is 12.1 Å². The summed E-state index contributed by atoms with van der Waals surface area (Å²) in [7, 11) is -3.29. The number of hydrogen-bond donors (Lipinski definition) is 3. The van der Waals surface area contributed by atoms with E-state index in [4.69, 9.17) is 14.8 Å². The van der Waals surface area contributed by atoms with Crippen molar-refractivity contribution in [3.63, 3.8) is 0 Å². The number of fused-ring (bicyclic) bond motifs is 2. The molecule has 0 spiro atoms. The minimum atomic E-state index is -4.16. The molecule has 2 fully saturated rings. The number of para-hydroxylation sites is 1. The van der Waals surface area contributed by atoms with E-state index in [9.17, 15) is 18.0 Å². The number of allylic oxidation sites excluding steroid dienone is 1. The number of rotatable bonds is 3. The van der Waals surface area contributed by atoms with Gasteiger partial charge in [0, 0.05) is 5.41 Å². The number of ketones is 1. The first-order chi connectivity index (χ1) is 15.7. The van der Waals surface area contributed by atoms with Crippen LogP contribution in [0.1, 0.15) is 49.5 Å². The lowest BCUT2D eigenvalue weighted by atomic mass is 9.70. The summed E-state index contributed by atoms with van der Waals surface area (Å²) in [6, 6.07) is 16.0. The lowest BCUT2D eigenvalue weighted by Gasteiger charge is -2.31. The Hall–Kier alpha value is -3.01. The van der Waals surface area contributed by atoms with Crippen molar-refractivity contribution in [3.05, 3.63) is 71.3 Å². The molecule has 0 aromatic heterocycles. The van der Waals surface area contributed by atoms with Crippen LogP contribution < -0.4 is 0 Å². The van der Waals surface area contributed by atoms with Crippen molar-refractivity contribution < 1.29 is 37.0 Å². The van der Waals surface area contributed by atoms with Gasteiger partial charge in [0.2, 0.25) is 0 Å². The van der Waals surface area contributed by atoms with E-state index >= 15 is 0 Å². The van der Waals surface area contributed by atoms with Crippen molar-refractivity contribution in [3.8, 4) is 5.75 Å². The molecule has 2 bridgehead atoms. The van der Waals surface area contributed by atoms with Crippen LogP contribution in [-0.2, 0) is 19.4 Å². The topological polar surface area (TPSA) is 138 Å². The highest BCUT2D eigenvalue weighted by Gasteiger charge is 2.63. The zero-order valence-electron chi connectivity index (χ0n) is 19.6. The standard InChI is InChI=1S/C17H20O.C7H6O3.CH4O4S/c1-16(2)14-9-10-17(16,3)15(18)13(14)11-12-7-5-4-6-8-12;8-6-4-2-1-3-5(6)7(9)10;1-5-6(2,3)4/h4-8,11,14H,9-10H2,1-3H3;1-4,8H,(H,9,10);1H3,(H,2,3,4). The van der Waals surface area contributed by atoms with Gasteiger partial charge in [-0.2, -0.15) is 8.42 Å². The second-order valence-electron chi connectivity index (χ2n) is 8.90. The van der Waals surface area contributed by atoms with Crippen LogP contribution in [-0.4, -0.2) is 42.0 Å². The normalized spacial score (nSPS) is 23.5. The summed E-state index contributed by atoms with van der Waals surface area (Å²) in [5.74, 6) is -0.490. The maximum absolute atomic E-state index is 12.6. The molecule has 2 aromatic carbocycles. The molecule has 0 saturated heterocycles. The van der Waals surface area contributed by atoms with Crippen LogP contribution in [0.2, 0.25) is 0 Å². The summed E-state index contributed by atoms with van der Waals surface area (Å²) < 4.78 is 29.7. The lowest BCUT2D eigenvalue weighted by Crippen LogP contribution is -2.32. The quantitative estimate of drug-likeness (QED) is 0.418. The molecule has 2 aliphatic rings. The van der Waals surface area contributed by atoms with Gasteiger partial charge in [0.15, 0.2) is 5.78 Å². The average molecular weight is 491 g/mol. The maximum Gasteiger partial charge on any atom is 0.397 e. The first-order valence-corrected chi connectivity index (χ1v) is 12.0. The molecule has 2 aliphatic carbocycles. The van der Waals surface area contributed by atoms with E-state index in [-0.39, 0.29) is 22.1 Å². The number of Topliss-reactive ketones (excluding diaryl/α,β-unsaturated/α-hetero) is 1. The number of phenols is 1. The Morgan fingerprint density at radius 2 is 1.59 bits per heavy atom. The van der Waals surface area contributed by atoms with Crippen molar-refractivity contribution in [2.45, 2.75) is 33.6 Å². The van der Waals surface area contributed by atoms with Crippen LogP contribution in [0.4, 0.5) is 0 Å². The van der Waals surface area contributed by atoms with E-state index in [1.807, 2.05) is 18.2 Å². The number of benzene rings is 2. The van der Waals surface area contributed by atoms with E-state index in [2.05, 4.69) is 43.2 Å². The number of aromatic carboxylic acids is 1. The number of carboxylic acids is 1. The molecule has 0 heterocycles. The van der Waals surface area contributed by atoms with Gasteiger partial charge in [-0.3, -0.25) is 13.5 Å². The van der Waals surface area contributed by atoms with Crippen LogP contribution in [0.5, 0.6) is 5.75 Å². The molecule has 2 unspecified atom stereocenters. The third-order valence-corrected chi connectivity index (χ3v) is 7.25. The monoisotopic (exact) mass is 490 g/mol. The van der Waals surface area contributed by atoms with E-state index < -0.39 is 16.4 Å². The van der Waals surface area contributed by atoms with E-state index in [1.165, 1.54) is 12.1 Å². The minimum Gasteiger partial charge on any atom is -0.507 e. The fraction of sp³-hybridized carbons (Fsp3) is 0.360. The number of carbonyl (C=O) groups is 2. The summed E-state index contributed by atoms with van der Waals surface area (Å²) in [6.07, 6.45) is 4.32. The summed E-state index contributed by atoms with van der Waals surface area (Å²) in [5.41, 5.74) is 2.11. The Bertz CT molecular complexity index is 1170. The first-order valence-electron chi connectivity index (χ1n) is 10.6. The zero-order chi connectivity index (χ0) is 25.7. The smallest absolute Gasteiger partial charge is 0.397 e. The third-order valence-electron chi connectivity index (χ3n) is 6.83. The highest BCUT2D eigenvalue weighted by Crippen LogP contribution is 2.65. The molecule has 2 saturated carbocycles. The number of carbonyl (C=O) groups excluding carboxylic acids is 1. The number of hydrogen-bond acceptors (Lipinski definition) is 6. The molecular weight excluding hydrogens is 460 g/mol. The summed E-state index contributed by atoms with van der Waals surface area (Å²) in [4.78, 5) is 22.9. The van der Waals surface area contributed by atoms with Crippen molar-refractivity contribution in [2.24, 2.45) is 16.7 Å². The van der Waals surface area contributed by atoms with Gasteiger partial charge >= 0.3 is 16.4 Å². The van der Waals surface area contributed by atoms with Crippen LogP contribution >= 0.6 is 0 Å². The van der Waals surface area contributed by atoms with Crippen LogP contribution in [0.15, 0.2) is 60.2 Å². The first kappa shape index (κ1) is 27.2. The van der Waals surface area contributed by atoms with Crippen molar-refractivity contribution >= 4 is 28.2 Å². The number of aromatic hydroxyl groups is 1. The molecule has 8 nitrogen and oxygen atoms in total. The van der Waals surface area contributed by atoms with E-state index in [0.29, 0.717) is 11.7 Å². The van der Waals surface area contributed by atoms with E-state index in [0.717, 1.165) is 31.1 Å². The predicted molar refractivity (Wildman–Crippen MR) is 128 cm³/mol. The molecule has 2 atom stereocenters. The number of carboxylic acid groups (broad SMARTS) is 1. The van der Waals surface area contributed by atoms with Gasteiger partial charge in [0.25, 0.3) is 0 Å². The predicted octanol–water partition coefficient (Wildman–Crippen LogP) is 4.62. The highest BCUT2D eigenvalue weighted by atomic mass is 32.3. The molecule has 0 radical (unpaired) electrons. The SMILES string of the molecule is CC12CCC(C(=Cc3ccccc3)C1=O)C2(C)C.COS(=O)(=O)O.O=C(O)c1ccccc1O. The molecule has 3 N–H and O–H groups in total. The Morgan fingerprint density at radius 3 is 2.00 bits per heavy atom. The fourth-order valence-corrected chi connectivity index (χ4v) is 4.48. The second kappa shape index (κ2) is 10.5. The fourth-order valence-electron chi connectivity index (χ4n) is 4.48. The van der Waals surface area contributed by atoms with Crippen molar-refractivity contribution in [1.29, 1.82) is 0 Å². The molecule has 2 aromatic rings. The largest absolute Gasteiger partial charge is 0.507 e. The Labute approximate surface area is 199 Å². The van der Waals surface area contributed by atoms with Crippen molar-refractivity contribution in [1.82, 2.24) is 0 Å². The molecule has 34 heavy (non-hydrogen) atoms. The third kappa shape index (κ3) is 5.91. The second-order valence-corrected chi connectivity index (χ2v) is 10.1. The van der Waals surface area contributed by atoms with Gasteiger partial charge in [-0.1, -0.05) is 63.2 Å². The molecule has 4 rings (SSSR count). The summed E-state index contributed by atoms with van der Waals surface area (Å²) in [6.45, 7) is 6.67. The maximum atomic E-state index is 12.6. The van der Waals surface area contributed by atoms with Crippen LogP contribution in [0.25, 0.3) is 6.08 Å². The molecule has 0 aliphatic heterocycles. The molecule has 9 heteroatoms. The molecule has 0 amide bonds. The van der Waals surface area contributed by atoms with Gasteiger partial charge in [-0.15, -0.1) is 0 Å². The molecule has 184 valence electrons. The summed E-state index contributed by atoms with van der Waals surface area (Å²) in [5, 5.41) is 17.3.